The summed E-state index contributed by atoms with van der Waals surface area (Å²) in [5, 5.41) is 0. The SMILES string of the molecule is CCCCc1ccc(N(C(=O)c2ccccc2OC)S(=O)(=O)c2ccccc2)cc1. The third-order valence-electron chi connectivity index (χ3n) is 4.79. The largest absolute Gasteiger partial charge is 0.496 e. The topological polar surface area (TPSA) is 63.7 Å². The summed E-state index contributed by atoms with van der Waals surface area (Å²) in [4.78, 5) is 13.5. The van der Waals surface area contributed by atoms with Crippen LogP contribution < -0.4 is 9.04 Å². The van der Waals surface area contributed by atoms with E-state index >= 15 is 0 Å². The van der Waals surface area contributed by atoms with Gasteiger partial charge in [-0.1, -0.05) is 55.8 Å². The predicted molar refractivity (Wildman–Crippen MR) is 118 cm³/mol. The van der Waals surface area contributed by atoms with Gasteiger partial charge in [-0.3, -0.25) is 4.79 Å². The van der Waals surface area contributed by atoms with Crippen LogP contribution in [0.2, 0.25) is 0 Å². The molecular formula is C24H25NO4S. The number of carbonyl (C=O) groups excluding carboxylic acids is 1. The first kappa shape index (κ1) is 21.6. The molecule has 0 aromatic heterocycles. The van der Waals surface area contributed by atoms with Crippen molar-refractivity contribution >= 4 is 21.6 Å². The van der Waals surface area contributed by atoms with Crippen LogP contribution in [0.15, 0.2) is 83.8 Å². The number of ether oxygens (including phenoxy) is 1. The molecule has 156 valence electrons. The minimum Gasteiger partial charge on any atom is -0.496 e. The Balaban J connectivity index is 2.11. The number of unbranched alkanes of at least 4 members (excludes halogenated alkanes) is 1. The van der Waals surface area contributed by atoms with E-state index in [1.165, 1.54) is 19.2 Å². The Hall–Kier alpha value is -3.12. The molecule has 0 aliphatic carbocycles. The summed E-state index contributed by atoms with van der Waals surface area (Å²) in [6, 6.07) is 21.7. The molecule has 3 rings (SSSR count). The van der Waals surface area contributed by atoms with Crippen LogP contribution in [0, 0.1) is 0 Å². The molecule has 0 heterocycles. The zero-order valence-corrected chi connectivity index (χ0v) is 17.9. The number of amides is 1. The van der Waals surface area contributed by atoms with E-state index in [0.717, 1.165) is 29.1 Å². The van der Waals surface area contributed by atoms with Gasteiger partial charge in [0.05, 0.1) is 23.3 Å². The molecule has 0 unspecified atom stereocenters. The van der Waals surface area contributed by atoms with Crippen LogP contribution in [-0.4, -0.2) is 21.4 Å². The second kappa shape index (κ2) is 9.59. The molecule has 0 aliphatic rings. The lowest BCUT2D eigenvalue weighted by Crippen LogP contribution is -2.37. The van der Waals surface area contributed by atoms with Crippen molar-refractivity contribution in [3.05, 3.63) is 90.0 Å². The fourth-order valence-electron chi connectivity index (χ4n) is 3.17. The molecule has 3 aromatic carbocycles. The van der Waals surface area contributed by atoms with E-state index in [-0.39, 0.29) is 16.1 Å². The average molecular weight is 424 g/mol. The molecule has 0 atom stereocenters. The highest BCUT2D eigenvalue weighted by Crippen LogP contribution is 2.29. The summed E-state index contributed by atoms with van der Waals surface area (Å²) in [6.45, 7) is 2.12. The fraction of sp³-hybridized carbons (Fsp3) is 0.208. The van der Waals surface area contributed by atoms with E-state index in [0.29, 0.717) is 5.75 Å². The van der Waals surface area contributed by atoms with Crippen molar-refractivity contribution < 1.29 is 17.9 Å². The number of rotatable bonds is 8. The molecule has 0 bridgehead atoms. The zero-order chi connectivity index (χ0) is 21.6. The lowest BCUT2D eigenvalue weighted by Gasteiger charge is -2.24. The molecule has 30 heavy (non-hydrogen) atoms. The summed E-state index contributed by atoms with van der Waals surface area (Å²) in [5.41, 5.74) is 1.56. The Kier molecular flexibility index (Phi) is 6.90. The highest BCUT2D eigenvalue weighted by molar-refractivity contribution is 7.93. The summed E-state index contributed by atoms with van der Waals surface area (Å²) >= 11 is 0. The van der Waals surface area contributed by atoms with Crippen molar-refractivity contribution in [3.63, 3.8) is 0 Å². The molecule has 6 heteroatoms. The van der Waals surface area contributed by atoms with Gasteiger partial charge in [-0.05, 0) is 54.8 Å². The van der Waals surface area contributed by atoms with Gasteiger partial charge in [-0.25, -0.2) is 8.42 Å². The smallest absolute Gasteiger partial charge is 0.276 e. The van der Waals surface area contributed by atoms with Crippen LogP contribution in [0.1, 0.15) is 35.7 Å². The number of methoxy groups -OCH3 is 1. The summed E-state index contributed by atoms with van der Waals surface area (Å²) in [5.74, 6) is -0.354. The highest BCUT2D eigenvalue weighted by Gasteiger charge is 2.33. The molecular weight excluding hydrogens is 398 g/mol. The van der Waals surface area contributed by atoms with Gasteiger partial charge in [-0.2, -0.15) is 4.31 Å². The lowest BCUT2D eigenvalue weighted by molar-refractivity contribution is 0.100. The van der Waals surface area contributed by atoms with Gasteiger partial charge in [0, 0.05) is 0 Å². The van der Waals surface area contributed by atoms with Crippen molar-refractivity contribution in [2.45, 2.75) is 31.1 Å². The fourth-order valence-corrected chi connectivity index (χ4v) is 4.60. The molecule has 0 saturated heterocycles. The Labute approximate surface area is 178 Å². The third kappa shape index (κ3) is 4.54. The van der Waals surface area contributed by atoms with Crippen LogP contribution >= 0.6 is 0 Å². The maximum atomic E-state index is 13.5. The first-order valence-corrected chi connectivity index (χ1v) is 11.3. The van der Waals surface area contributed by atoms with Crippen LogP contribution in [0.4, 0.5) is 5.69 Å². The molecule has 1 amide bonds. The quantitative estimate of drug-likeness (QED) is 0.507. The van der Waals surface area contributed by atoms with Crippen molar-refractivity contribution in [1.29, 1.82) is 0 Å². The Morgan fingerprint density at radius 1 is 0.900 bits per heavy atom. The Morgan fingerprint density at radius 3 is 2.17 bits per heavy atom. The number of para-hydroxylation sites is 1. The van der Waals surface area contributed by atoms with Crippen molar-refractivity contribution in [2.24, 2.45) is 0 Å². The van der Waals surface area contributed by atoms with Gasteiger partial charge in [0.25, 0.3) is 15.9 Å². The number of nitrogens with zero attached hydrogens (tertiary/aromatic N) is 1. The van der Waals surface area contributed by atoms with E-state index < -0.39 is 15.9 Å². The number of hydrogen-bond donors (Lipinski definition) is 0. The maximum absolute atomic E-state index is 13.5. The molecule has 0 spiro atoms. The van der Waals surface area contributed by atoms with Crippen molar-refractivity contribution in [3.8, 4) is 5.75 Å². The minimum absolute atomic E-state index is 0.0447. The highest BCUT2D eigenvalue weighted by atomic mass is 32.2. The van der Waals surface area contributed by atoms with E-state index in [2.05, 4.69) is 6.92 Å². The van der Waals surface area contributed by atoms with E-state index in [9.17, 15) is 13.2 Å². The van der Waals surface area contributed by atoms with Gasteiger partial charge in [0.15, 0.2) is 0 Å². The first-order chi connectivity index (χ1) is 14.5. The summed E-state index contributed by atoms with van der Waals surface area (Å²) < 4.78 is 33.1. The van der Waals surface area contributed by atoms with Crippen LogP contribution in [0.5, 0.6) is 5.75 Å². The predicted octanol–water partition coefficient (Wildman–Crippen LogP) is 5.07. The Morgan fingerprint density at radius 2 is 1.53 bits per heavy atom. The van der Waals surface area contributed by atoms with Crippen molar-refractivity contribution in [2.75, 3.05) is 11.4 Å². The summed E-state index contributed by atoms with van der Waals surface area (Å²) in [7, 11) is -2.68. The number of benzene rings is 3. The van der Waals surface area contributed by atoms with Crippen LogP contribution in [0.25, 0.3) is 0 Å². The molecule has 0 saturated carbocycles. The van der Waals surface area contributed by atoms with E-state index in [1.807, 2.05) is 12.1 Å². The third-order valence-corrected chi connectivity index (χ3v) is 6.52. The second-order valence-corrected chi connectivity index (χ2v) is 8.64. The first-order valence-electron chi connectivity index (χ1n) is 9.85. The molecule has 0 radical (unpaired) electrons. The van der Waals surface area contributed by atoms with Crippen LogP contribution in [0.3, 0.4) is 0 Å². The molecule has 5 nitrogen and oxygen atoms in total. The molecule has 0 fully saturated rings. The van der Waals surface area contributed by atoms with Gasteiger partial charge >= 0.3 is 0 Å². The minimum atomic E-state index is -4.13. The Bertz CT molecular complexity index is 1090. The van der Waals surface area contributed by atoms with Crippen molar-refractivity contribution in [1.82, 2.24) is 0 Å². The lowest BCUT2D eigenvalue weighted by atomic mass is 10.1. The monoisotopic (exact) mass is 423 g/mol. The molecule has 3 aromatic rings. The van der Waals surface area contributed by atoms with E-state index in [1.54, 1.807) is 54.6 Å². The molecule has 0 aliphatic heterocycles. The van der Waals surface area contributed by atoms with E-state index in [4.69, 9.17) is 4.74 Å². The molecule has 0 N–H and O–H groups in total. The number of aryl methyl sites for hydroxylation is 1. The second-order valence-electron chi connectivity index (χ2n) is 6.86. The average Bonchev–Trinajstić information content (AvgIpc) is 2.79. The maximum Gasteiger partial charge on any atom is 0.276 e. The normalized spacial score (nSPS) is 11.1. The zero-order valence-electron chi connectivity index (χ0n) is 17.1. The number of carbonyl (C=O) groups is 1. The van der Waals surface area contributed by atoms with Gasteiger partial charge < -0.3 is 4.74 Å². The standard InChI is InChI=1S/C24H25NO4S/c1-3-4-10-19-15-17-20(18-16-19)25(30(27,28)21-11-6-5-7-12-21)24(26)22-13-8-9-14-23(22)29-2/h5-9,11-18H,3-4,10H2,1-2H3. The number of hydrogen-bond acceptors (Lipinski definition) is 4. The number of sulfonamides is 1. The van der Waals surface area contributed by atoms with Crippen LogP contribution in [-0.2, 0) is 16.4 Å². The van der Waals surface area contributed by atoms with Gasteiger partial charge in [-0.15, -0.1) is 0 Å². The number of anilines is 1. The van der Waals surface area contributed by atoms with Gasteiger partial charge in [0.2, 0.25) is 0 Å². The summed E-state index contributed by atoms with van der Waals surface area (Å²) in [6.07, 6.45) is 3.02. The van der Waals surface area contributed by atoms with Gasteiger partial charge in [0.1, 0.15) is 5.75 Å².